The van der Waals surface area contributed by atoms with E-state index in [1.54, 1.807) is 18.2 Å². The summed E-state index contributed by atoms with van der Waals surface area (Å²) < 4.78 is 0. The van der Waals surface area contributed by atoms with Crippen molar-refractivity contribution in [1.29, 1.82) is 0 Å². The zero-order valence-corrected chi connectivity index (χ0v) is 16.0. The van der Waals surface area contributed by atoms with E-state index in [1.165, 1.54) is 0 Å². The van der Waals surface area contributed by atoms with Crippen LogP contribution < -0.4 is 16.0 Å². The summed E-state index contributed by atoms with van der Waals surface area (Å²) in [6.45, 7) is 6.35. The number of amides is 2. The number of anilines is 1. The summed E-state index contributed by atoms with van der Waals surface area (Å²) in [6, 6.07) is 12.8. The Morgan fingerprint density at radius 3 is 2.38 bits per heavy atom. The van der Waals surface area contributed by atoms with Crippen LogP contribution in [0.2, 0.25) is 5.02 Å². The lowest BCUT2D eigenvalue weighted by molar-refractivity contribution is -0.119. The van der Waals surface area contributed by atoms with Gasteiger partial charge < -0.3 is 16.0 Å². The highest BCUT2D eigenvalue weighted by atomic mass is 35.5. The van der Waals surface area contributed by atoms with Gasteiger partial charge in [-0.25, -0.2) is 0 Å². The van der Waals surface area contributed by atoms with E-state index in [9.17, 15) is 9.59 Å². The standard InChI is InChI=1S/C20H24ClN3O2/c1-13(2)24-20(26)16-6-9-18(14(3)10-16)22-12-19(25)23-11-15-4-7-17(21)8-5-15/h4-10,13,22H,11-12H2,1-3H3,(H,23,25)(H,24,26). The Labute approximate surface area is 159 Å². The smallest absolute Gasteiger partial charge is 0.251 e. The van der Waals surface area contributed by atoms with Crippen LogP contribution in [0.5, 0.6) is 0 Å². The van der Waals surface area contributed by atoms with Gasteiger partial charge in [-0.3, -0.25) is 9.59 Å². The van der Waals surface area contributed by atoms with E-state index in [1.807, 2.05) is 45.0 Å². The molecule has 6 heteroatoms. The molecule has 3 N–H and O–H groups in total. The molecule has 2 aromatic carbocycles. The minimum atomic E-state index is -0.110. The lowest BCUT2D eigenvalue weighted by Crippen LogP contribution is -2.30. The molecule has 138 valence electrons. The van der Waals surface area contributed by atoms with Crippen LogP contribution in [-0.4, -0.2) is 24.4 Å². The minimum absolute atomic E-state index is 0.0879. The molecule has 0 spiro atoms. The van der Waals surface area contributed by atoms with Gasteiger partial charge in [-0.2, -0.15) is 0 Å². The molecule has 0 bridgehead atoms. The zero-order chi connectivity index (χ0) is 19.1. The topological polar surface area (TPSA) is 70.2 Å². The Bertz CT molecular complexity index is 773. The molecular formula is C20H24ClN3O2. The van der Waals surface area contributed by atoms with Crippen LogP contribution in [0.15, 0.2) is 42.5 Å². The number of hydrogen-bond donors (Lipinski definition) is 3. The van der Waals surface area contributed by atoms with E-state index in [-0.39, 0.29) is 24.4 Å². The second-order valence-corrected chi connectivity index (χ2v) is 6.85. The lowest BCUT2D eigenvalue weighted by Gasteiger charge is -2.13. The average Bonchev–Trinajstić information content (AvgIpc) is 2.59. The predicted molar refractivity (Wildman–Crippen MR) is 106 cm³/mol. The van der Waals surface area contributed by atoms with E-state index >= 15 is 0 Å². The number of aryl methyl sites for hydroxylation is 1. The molecule has 0 unspecified atom stereocenters. The number of carbonyl (C=O) groups is 2. The Hall–Kier alpha value is -2.53. The number of halogens is 1. The zero-order valence-electron chi connectivity index (χ0n) is 15.2. The van der Waals surface area contributed by atoms with Gasteiger partial charge in [0.05, 0.1) is 6.54 Å². The van der Waals surface area contributed by atoms with Gasteiger partial charge in [-0.1, -0.05) is 23.7 Å². The van der Waals surface area contributed by atoms with E-state index in [0.717, 1.165) is 16.8 Å². The molecule has 0 saturated carbocycles. The molecule has 2 amide bonds. The number of carbonyl (C=O) groups excluding carboxylic acids is 2. The monoisotopic (exact) mass is 373 g/mol. The van der Waals surface area contributed by atoms with E-state index < -0.39 is 0 Å². The molecule has 0 aromatic heterocycles. The van der Waals surface area contributed by atoms with Gasteiger partial charge in [0.15, 0.2) is 0 Å². The first-order valence-corrected chi connectivity index (χ1v) is 8.89. The van der Waals surface area contributed by atoms with Crippen LogP contribution >= 0.6 is 11.6 Å². The van der Waals surface area contributed by atoms with E-state index in [2.05, 4.69) is 16.0 Å². The van der Waals surface area contributed by atoms with Crippen molar-refractivity contribution in [2.24, 2.45) is 0 Å². The molecule has 0 aliphatic heterocycles. The van der Waals surface area contributed by atoms with Gasteiger partial charge in [-0.05, 0) is 62.2 Å². The third-order valence-electron chi connectivity index (χ3n) is 3.75. The summed E-state index contributed by atoms with van der Waals surface area (Å²) in [6.07, 6.45) is 0. The van der Waals surface area contributed by atoms with Crippen molar-refractivity contribution in [3.8, 4) is 0 Å². The van der Waals surface area contributed by atoms with Crippen molar-refractivity contribution in [3.63, 3.8) is 0 Å². The largest absolute Gasteiger partial charge is 0.376 e. The highest BCUT2D eigenvalue weighted by Gasteiger charge is 2.09. The first-order chi connectivity index (χ1) is 12.3. The first-order valence-electron chi connectivity index (χ1n) is 8.51. The van der Waals surface area contributed by atoms with Gasteiger partial charge in [0.25, 0.3) is 5.91 Å². The van der Waals surface area contributed by atoms with Gasteiger partial charge in [0.2, 0.25) is 5.91 Å². The molecule has 26 heavy (non-hydrogen) atoms. The van der Waals surface area contributed by atoms with Crippen molar-refractivity contribution in [3.05, 3.63) is 64.2 Å². The van der Waals surface area contributed by atoms with Crippen molar-refractivity contribution in [2.45, 2.75) is 33.4 Å². The van der Waals surface area contributed by atoms with Gasteiger partial charge in [0.1, 0.15) is 0 Å². The van der Waals surface area contributed by atoms with Crippen LogP contribution in [0.3, 0.4) is 0 Å². The third-order valence-corrected chi connectivity index (χ3v) is 4.00. The molecule has 0 heterocycles. The number of benzene rings is 2. The molecule has 0 fully saturated rings. The maximum atomic E-state index is 12.0. The Morgan fingerprint density at radius 1 is 1.08 bits per heavy atom. The summed E-state index contributed by atoms with van der Waals surface area (Å²) in [7, 11) is 0. The van der Waals surface area contributed by atoms with Crippen LogP contribution in [0.4, 0.5) is 5.69 Å². The molecule has 2 aromatic rings. The summed E-state index contributed by atoms with van der Waals surface area (Å²) in [5.74, 6) is -0.212. The summed E-state index contributed by atoms with van der Waals surface area (Å²) in [5.41, 5.74) is 3.33. The summed E-state index contributed by atoms with van der Waals surface area (Å²) in [4.78, 5) is 24.0. The summed E-state index contributed by atoms with van der Waals surface area (Å²) in [5, 5.41) is 9.48. The van der Waals surface area contributed by atoms with Crippen LogP contribution in [-0.2, 0) is 11.3 Å². The van der Waals surface area contributed by atoms with Gasteiger partial charge in [0, 0.05) is 28.9 Å². The fraction of sp³-hybridized carbons (Fsp3) is 0.300. The Morgan fingerprint density at radius 2 is 1.77 bits per heavy atom. The van der Waals surface area contributed by atoms with Gasteiger partial charge in [-0.15, -0.1) is 0 Å². The number of nitrogens with one attached hydrogen (secondary N) is 3. The molecule has 5 nitrogen and oxygen atoms in total. The molecule has 0 aliphatic carbocycles. The first kappa shape index (κ1) is 19.8. The fourth-order valence-electron chi connectivity index (χ4n) is 2.39. The number of hydrogen-bond acceptors (Lipinski definition) is 3. The second kappa shape index (κ2) is 9.25. The quantitative estimate of drug-likeness (QED) is 0.695. The SMILES string of the molecule is Cc1cc(C(=O)NC(C)C)ccc1NCC(=O)NCc1ccc(Cl)cc1. The summed E-state index contributed by atoms with van der Waals surface area (Å²) >= 11 is 5.84. The van der Waals surface area contributed by atoms with E-state index in [4.69, 9.17) is 11.6 Å². The maximum absolute atomic E-state index is 12.0. The normalized spacial score (nSPS) is 10.5. The molecule has 0 radical (unpaired) electrons. The lowest BCUT2D eigenvalue weighted by atomic mass is 10.1. The van der Waals surface area contributed by atoms with Crippen molar-refractivity contribution >= 4 is 29.1 Å². The van der Waals surface area contributed by atoms with Crippen molar-refractivity contribution in [2.75, 3.05) is 11.9 Å². The average molecular weight is 374 g/mol. The molecule has 2 rings (SSSR count). The fourth-order valence-corrected chi connectivity index (χ4v) is 2.52. The van der Waals surface area contributed by atoms with Crippen molar-refractivity contribution in [1.82, 2.24) is 10.6 Å². The third kappa shape index (κ3) is 6.08. The Balaban J connectivity index is 1.85. The van der Waals surface area contributed by atoms with E-state index in [0.29, 0.717) is 17.1 Å². The van der Waals surface area contributed by atoms with Crippen LogP contribution in [0.1, 0.15) is 35.3 Å². The van der Waals surface area contributed by atoms with Crippen molar-refractivity contribution < 1.29 is 9.59 Å². The molecule has 0 atom stereocenters. The second-order valence-electron chi connectivity index (χ2n) is 6.41. The molecular weight excluding hydrogens is 350 g/mol. The van der Waals surface area contributed by atoms with Crippen LogP contribution in [0, 0.1) is 6.92 Å². The molecule has 0 saturated heterocycles. The highest BCUT2D eigenvalue weighted by molar-refractivity contribution is 6.30. The molecule has 0 aliphatic rings. The van der Waals surface area contributed by atoms with Crippen LogP contribution in [0.25, 0.3) is 0 Å². The van der Waals surface area contributed by atoms with Gasteiger partial charge >= 0.3 is 0 Å². The number of rotatable bonds is 7. The minimum Gasteiger partial charge on any atom is -0.376 e. The maximum Gasteiger partial charge on any atom is 0.251 e. The highest BCUT2D eigenvalue weighted by Crippen LogP contribution is 2.16. The Kier molecular flexibility index (Phi) is 7.04. The predicted octanol–water partition coefficient (Wildman–Crippen LogP) is 3.51.